The van der Waals surface area contributed by atoms with Gasteiger partial charge >= 0.3 is 0 Å². The lowest BCUT2D eigenvalue weighted by molar-refractivity contribution is 0.250. The van der Waals surface area contributed by atoms with E-state index >= 15 is 0 Å². The fraction of sp³-hybridized carbons (Fsp3) is 0.353. The lowest BCUT2D eigenvalue weighted by Gasteiger charge is -2.25. The summed E-state index contributed by atoms with van der Waals surface area (Å²) in [6.07, 6.45) is 0. The standard InChI is InChI=1S/C17H22ClN3/c1-13(14-7-9-15(18)10-8-14)21(3)12-17-6-4-5-16(20-17)11-19-2/h4-10,13,19H,11-12H2,1-3H3. The zero-order valence-electron chi connectivity index (χ0n) is 12.8. The Morgan fingerprint density at radius 1 is 1.14 bits per heavy atom. The fourth-order valence-corrected chi connectivity index (χ4v) is 2.41. The van der Waals surface area contributed by atoms with Crippen LogP contribution >= 0.6 is 11.6 Å². The molecule has 0 saturated carbocycles. The molecule has 0 spiro atoms. The van der Waals surface area contributed by atoms with Crippen LogP contribution in [0.1, 0.15) is 29.9 Å². The van der Waals surface area contributed by atoms with Gasteiger partial charge in [0.05, 0.1) is 11.4 Å². The van der Waals surface area contributed by atoms with Crippen LogP contribution in [-0.2, 0) is 13.1 Å². The van der Waals surface area contributed by atoms with E-state index in [1.54, 1.807) is 0 Å². The number of rotatable bonds is 6. The molecular weight excluding hydrogens is 282 g/mol. The summed E-state index contributed by atoms with van der Waals surface area (Å²) in [5.41, 5.74) is 3.42. The Labute approximate surface area is 132 Å². The Morgan fingerprint density at radius 2 is 1.81 bits per heavy atom. The van der Waals surface area contributed by atoms with E-state index in [9.17, 15) is 0 Å². The van der Waals surface area contributed by atoms with Gasteiger partial charge in [-0.3, -0.25) is 9.88 Å². The number of hydrogen-bond acceptors (Lipinski definition) is 3. The zero-order valence-corrected chi connectivity index (χ0v) is 13.6. The number of pyridine rings is 1. The summed E-state index contributed by atoms with van der Waals surface area (Å²) in [5, 5.41) is 3.90. The van der Waals surface area contributed by atoms with Crippen molar-refractivity contribution in [3.8, 4) is 0 Å². The molecule has 1 N–H and O–H groups in total. The first-order valence-electron chi connectivity index (χ1n) is 7.15. The average Bonchev–Trinajstić information content (AvgIpc) is 2.48. The molecule has 0 aliphatic heterocycles. The Kier molecular flexibility index (Phi) is 5.74. The molecule has 0 saturated heterocycles. The lowest BCUT2D eigenvalue weighted by Crippen LogP contribution is -2.22. The third-order valence-corrected chi connectivity index (χ3v) is 3.90. The monoisotopic (exact) mass is 303 g/mol. The summed E-state index contributed by atoms with van der Waals surface area (Å²) in [7, 11) is 4.05. The van der Waals surface area contributed by atoms with Crippen molar-refractivity contribution >= 4 is 11.6 Å². The van der Waals surface area contributed by atoms with Crippen molar-refractivity contribution < 1.29 is 0 Å². The van der Waals surface area contributed by atoms with Crippen molar-refractivity contribution in [2.75, 3.05) is 14.1 Å². The van der Waals surface area contributed by atoms with Crippen LogP contribution in [0.25, 0.3) is 0 Å². The number of halogens is 1. The van der Waals surface area contributed by atoms with Gasteiger partial charge in [0, 0.05) is 24.2 Å². The van der Waals surface area contributed by atoms with Crippen LogP contribution < -0.4 is 5.32 Å². The Bertz CT molecular complexity index is 569. The molecule has 1 heterocycles. The van der Waals surface area contributed by atoms with E-state index in [0.717, 1.165) is 29.5 Å². The summed E-state index contributed by atoms with van der Waals surface area (Å²) >= 11 is 5.94. The van der Waals surface area contributed by atoms with E-state index in [4.69, 9.17) is 11.6 Å². The molecule has 1 aromatic carbocycles. The van der Waals surface area contributed by atoms with Crippen LogP contribution in [0, 0.1) is 0 Å². The highest BCUT2D eigenvalue weighted by Crippen LogP contribution is 2.22. The molecule has 0 bridgehead atoms. The normalized spacial score (nSPS) is 12.6. The van der Waals surface area contributed by atoms with Gasteiger partial charge in [-0.05, 0) is 50.8 Å². The summed E-state index contributed by atoms with van der Waals surface area (Å²) in [6, 6.07) is 14.5. The highest BCUT2D eigenvalue weighted by atomic mass is 35.5. The van der Waals surface area contributed by atoms with Crippen molar-refractivity contribution in [3.63, 3.8) is 0 Å². The smallest absolute Gasteiger partial charge is 0.0547 e. The van der Waals surface area contributed by atoms with Gasteiger partial charge in [-0.2, -0.15) is 0 Å². The van der Waals surface area contributed by atoms with Gasteiger partial charge in [-0.1, -0.05) is 29.8 Å². The summed E-state index contributed by atoms with van der Waals surface area (Å²) < 4.78 is 0. The molecule has 2 rings (SSSR count). The van der Waals surface area contributed by atoms with Gasteiger partial charge in [0.15, 0.2) is 0 Å². The van der Waals surface area contributed by atoms with Gasteiger partial charge in [0.25, 0.3) is 0 Å². The summed E-state index contributed by atoms with van der Waals surface area (Å²) in [6.45, 7) is 3.81. The number of nitrogens with one attached hydrogen (secondary N) is 1. The van der Waals surface area contributed by atoms with E-state index < -0.39 is 0 Å². The van der Waals surface area contributed by atoms with E-state index in [2.05, 4.69) is 53.4 Å². The maximum Gasteiger partial charge on any atom is 0.0547 e. The SMILES string of the molecule is CNCc1cccc(CN(C)C(C)c2ccc(Cl)cc2)n1. The van der Waals surface area contributed by atoms with Crippen LogP contribution in [0.5, 0.6) is 0 Å². The van der Waals surface area contributed by atoms with Crippen LogP contribution in [0.15, 0.2) is 42.5 Å². The van der Waals surface area contributed by atoms with Crippen molar-refractivity contribution in [2.45, 2.75) is 26.1 Å². The first-order valence-corrected chi connectivity index (χ1v) is 7.53. The molecule has 1 atom stereocenters. The molecule has 3 nitrogen and oxygen atoms in total. The minimum Gasteiger partial charge on any atom is -0.314 e. The summed E-state index contributed by atoms with van der Waals surface area (Å²) in [5.74, 6) is 0. The predicted molar refractivity (Wildman–Crippen MR) is 88.3 cm³/mol. The van der Waals surface area contributed by atoms with Crippen molar-refractivity contribution in [3.05, 3.63) is 64.4 Å². The van der Waals surface area contributed by atoms with E-state index in [-0.39, 0.29) is 0 Å². The molecule has 0 radical (unpaired) electrons. The molecule has 2 aromatic rings. The molecule has 0 aliphatic rings. The molecule has 0 amide bonds. The maximum absolute atomic E-state index is 5.94. The van der Waals surface area contributed by atoms with Crippen molar-refractivity contribution in [2.24, 2.45) is 0 Å². The highest BCUT2D eigenvalue weighted by molar-refractivity contribution is 6.30. The minimum atomic E-state index is 0.317. The quantitative estimate of drug-likeness (QED) is 0.883. The minimum absolute atomic E-state index is 0.317. The van der Waals surface area contributed by atoms with E-state index in [1.807, 2.05) is 25.2 Å². The second-order valence-electron chi connectivity index (χ2n) is 5.29. The van der Waals surface area contributed by atoms with E-state index in [1.165, 1.54) is 5.56 Å². The Balaban J connectivity index is 2.04. The Morgan fingerprint density at radius 3 is 2.48 bits per heavy atom. The molecule has 4 heteroatoms. The number of nitrogens with zero attached hydrogens (tertiary/aromatic N) is 2. The van der Waals surface area contributed by atoms with Gasteiger partial charge < -0.3 is 5.32 Å². The largest absolute Gasteiger partial charge is 0.314 e. The second kappa shape index (κ2) is 7.55. The molecular formula is C17H22ClN3. The molecule has 1 aromatic heterocycles. The molecule has 0 fully saturated rings. The third kappa shape index (κ3) is 4.53. The lowest BCUT2D eigenvalue weighted by atomic mass is 10.1. The first-order chi connectivity index (χ1) is 10.1. The second-order valence-corrected chi connectivity index (χ2v) is 5.73. The Hall–Kier alpha value is -1.42. The number of hydrogen-bond donors (Lipinski definition) is 1. The van der Waals surface area contributed by atoms with Gasteiger partial charge in [-0.25, -0.2) is 0 Å². The van der Waals surface area contributed by atoms with Gasteiger partial charge in [-0.15, -0.1) is 0 Å². The van der Waals surface area contributed by atoms with E-state index in [0.29, 0.717) is 6.04 Å². The van der Waals surface area contributed by atoms with Gasteiger partial charge in [0.1, 0.15) is 0 Å². The first kappa shape index (κ1) is 16.0. The number of aromatic nitrogens is 1. The maximum atomic E-state index is 5.94. The highest BCUT2D eigenvalue weighted by Gasteiger charge is 2.12. The van der Waals surface area contributed by atoms with Crippen molar-refractivity contribution in [1.29, 1.82) is 0 Å². The van der Waals surface area contributed by atoms with Gasteiger partial charge in [0.2, 0.25) is 0 Å². The fourth-order valence-electron chi connectivity index (χ4n) is 2.29. The van der Waals surface area contributed by atoms with Crippen LogP contribution in [-0.4, -0.2) is 24.0 Å². The molecule has 21 heavy (non-hydrogen) atoms. The molecule has 0 aliphatic carbocycles. The molecule has 112 valence electrons. The van der Waals surface area contributed by atoms with Crippen LogP contribution in [0.4, 0.5) is 0 Å². The van der Waals surface area contributed by atoms with Crippen molar-refractivity contribution in [1.82, 2.24) is 15.2 Å². The van der Waals surface area contributed by atoms with Crippen LogP contribution in [0.2, 0.25) is 5.02 Å². The third-order valence-electron chi connectivity index (χ3n) is 3.65. The molecule has 1 unspecified atom stereocenters. The predicted octanol–water partition coefficient (Wildman–Crippen LogP) is 3.65. The van der Waals surface area contributed by atoms with Crippen LogP contribution in [0.3, 0.4) is 0 Å². The number of benzene rings is 1. The zero-order chi connectivity index (χ0) is 15.2. The summed E-state index contributed by atoms with van der Waals surface area (Å²) in [4.78, 5) is 6.95. The topological polar surface area (TPSA) is 28.2 Å². The average molecular weight is 304 g/mol.